The molecule has 1 heterocycles. The van der Waals surface area contributed by atoms with Gasteiger partial charge in [0.05, 0.1) is 13.2 Å². The average Bonchev–Trinajstić information content (AvgIpc) is 2.40. The van der Waals surface area contributed by atoms with E-state index >= 15 is 0 Å². The van der Waals surface area contributed by atoms with E-state index in [-0.39, 0.29) is 0 Å². The molecule has 3 nitrogen and oxygen atoms in total. The number of hydrogen-bond donors (Lipinski definition) is 1. The maximum atomic E-state index is 10.1. The van der Waals surface area contributed by atoms with Gasteiger partial charge in [0.1, 0.15) is 5.75 Å². The molecule has 3 heteroatoms. The van der Waals surface area contributed by atoms with Gasteiger partial charge < -0.3 is 9.84 Å². The third-order valence-electron chi connectivity index (χ3n) is 2.66. The average molecular weight is 229 g/mol. The van der Waals surface area contributed by atoms with Crippen LogP contribution in [0.5, 0.6) is 5.75 Å². The van der Waals surface area contributed by atoms with E-state index in [9.17, 15) is 5.11 Å². The largest absolute Gasteiger partial charge is 0.497 e. The van der Waals surface area contributed by atoms with Crippen molar-refractivity contribution in [3.8, 4) is 5.75 Å². The van der Waals surface area contributed by atoms with Crippen molar-refractivity contribution in [3.63, 3.8) is 0 Å². The maximum absolute atomic E-state index is 10.1. The Kier molecular flexibility index (Phi) is 3.73. The number of aromatic nitrogens is 1. The minimum absolute atomic E-state index is 0.521. The van der Waals surface area contributed by atoms with E-state index < -0.39 is 6.10 Å². The fraction of sp³-hybridized carbons (Fsp3) is 0.214. The quantitative estimate of drug-likeness (QED) is 0.875. The zero-order chi connectivity index (χ0) is 12.1. The first-order valence-corrected chi connectivity index (χ1v) is 5.50. The molecule has 0 amide bonds. The summed E-state index contributed by atoms with van der Waals surface area (Å²) in [5.41, 5.74) is 1.93. The third-order valence-corrected chi connectivity index (χ3v) is 2.66. The van der Waals surface area contributed by atoms with E-state index in [1.165, 1.54) is 0 Å². The summed E-state index contributed by atoms with van der Waals surface area (Å²) in [6.07, 6.45) is 3.52. The lowest BCUT2D eigenvalue weighted by Gasteiger charge is -2.12. The predicted octanol–water partition coefficient (Wildman–Crippen LogP) is 2.37. The Bertz CT molecular complexity index is 471. The lowest BCUT2D eigenvalue weighted by Crippen LogP contribution is -2.02. The van der Waals surface area contributed by atoms with Crippen molar-refractivity contribution in [2.75, 3.05) is 7.11 Å². The molecule has 1 atom stereocenters. The Morgan fingerprint density at radius 1 is 1.24 bits per heavy atom. The second-order valence-electron chi connectivity index (χ2n) is 3.85. The van der Waals surface area contributed by atoms with Crippen LogP contribution < -0.4 is 4.74 Å². The molecule has 0 fully saturated rings. The summed E-state index contributed by atoms with van der Waals surface area (Å²) in [5, 5.41) is 10.1. The number of nitrogens with zero attached hydrogens (tertiary/aromatic N) is 1. The first-order chi connectivity index (χ1) is 8.29. The van der Waals surface area contributed by atoms with Crippen LogP contribution in [0.1, 0.15) is 17.2 Å². The molecule has 0 aliphatic carbocycles. The highest BCUT2D eigenvalue weighted by molar-refractivity contribution is 5.30. The van der Waals surface area contributed by atoms with Gasteiger partial charge in [-0.3, -0.25) is 4.98 Å². The van der Waals surface area contributed by atoms with E-state index in [0.29, 0.717) is 6.42 Å². The molecule has 17 heavy (non-hydrogen) atoms. The minimum atomic E-state index is -0.521. The second-order valence-corrected chi connectivity index (χ2v) is 3.85. The summed E-state index contributed by atoms with van der Waals surface area (Å²) in [6.45, 7) is 0. The van der Waals surface area contributed by atoms with E-state index in [0.717, 1.165) is 16.9 Å². The van der Waals surface area contributed by atoms with Gasteiger partial charge in [-0.25, -0.2) is 0 Å². The molecule has 0 aliphatic heterocycles. The van der Waals surface area contributed by atoms with Gasteiger partial charge in [0.25, 0.3) is 0 Å². The highest BCUT2D eigenvalue weighted by Crippen LogP contribution is 2.21. The van der Waals surface area contributed by atoms with Gasteiger partial charge in [0.15, 0.2) is 0 Å². The summed E-state index contributed by atoms with van der Waals surface area (Å²) >= 11 is 0. The molecule has 1 aromatic carbocycles. The molecule has 0 saturated heterocycles. The SMILES string of the molecule is COc1cccc(C(O)Cc2ccncc2)c1. The minimum Gasteiger partial charge on any atom is -0.497 e. The molecule has 1 unspecified atom stereocenters. The Morgan fingerprint density at radius 2 is 2.00 bits per heavy atom. The van der Waals surface area contributed by atoms with Crippen LogP contribution >= 0.6 is 0 Å². The molecule has 2 aromatic rings. The number of pyridine rings is 1. The summed E-state index contributed by atoms with van der Waals surface area (Å²) in [6, 6.07) is 11.3. The van der Waals surface area contributed by atoms with Gasteiger partial charge in [-0.15, -0.1) is 0 Å². The van der Waals surface area contributed by atoms with Gasteiger partial charge in [0, 0.05) is 18.8 Å². The van der Waals surface area contributed by atoms with Crippen molar-refractivity contribution in [1.82, 2.24) is 4.98 Å². The highest BCUT2D eigenvalue weighted by atomic mass is 16.5. The number of benzene rings is 1. The van der Waals surface area contributed by atoms with Crippen LogP contribution in [0.15, 0.2) is 48.8 Å². The first-order valence-electron chi connectivity index (χ1n) is 5.50. The fourth-order valence-corrected chi connectivity index (χ4v) is 1.71. The number of hydrogen-bond acceptors (Lipinski definition) is 3. The van der Waals surface area contributed by atoms with E-state index in [1.54, 1.807) is 19.5 Å². The smallest absolute Gasteiger partial charge is 0.119 e. The first kappa shape index (κ1) is 11.6. The van der Waals surface area contributed by atoms with Crippen molar-refractivity contribution in [1.29, 1.82) is 0 Å². The van der Waals surface area contributed by atoms with Crippen LogP contribution in [0, 0.1) is 0 Å². The number of aliphatic hydroxyl groups is 1. The summed E-state index contributed by atoms with van der Waals surface area (Å²) in [7, 11) is 1.62. The highest BCUT2D eigenvalue weighted by Gasteiger charge is 2.09. The number of aliphatic hydroxyl groups excluding tert-OH is 1. The van der Waals surface area contributed by atoms with E-state index in [1.807, 2.05) is 36.4 Å². The molecule has 2 rings (SSSR count). The molecular weight excluding hydrogens is 214 g/mol. The summed E-state index contributed by atoms with van der Waals surface area (Å²) in [5.74, 6) is 0.760. The van der Waals surface area contributed by atoms with Gasteiger partial charge in [-0.1, -0.05) is 12.1 Å². The Labute approximate surface area is 101 Å². The Morgan fingerprint density at radius 3 is 2.71 bits per heavy atom. The predicted molar refractivity (Wildman–Crippen MR) is 65.9 cm³/mol. The van der Waals surface area contributed by atoms with Crippen LogP contribution in [0.4, 0.5) is 0 Å². The van der Waals surface area contributed by atoms with Crippen LogP contribution in [0.3, 0.4) is 0 Å². The van der Waals surface area contributed by atoms with Gasteiger partial charge in [-0.05, 0) is 35.4 Å². The van der Waals surface area contributed by atoms with Crippen molar-refractivity contribution in [2.24, 2.45) is 0 Å². The molecule has 0 spiro atoms. The standard InChI is InChI=1S/C14H15NO2/c1-17-13-4-2-3-12(10-13)14(16)9-11-5-7-15-8-6-11/h2-8,10,14,16H,9H2,1H3. The normalized spacial score (nSPS) is 12.1. The van der Waals surface area contributed by atoms with Crippen LogP contribution in [-0.2, 0) is 6.42 Å². The van der Waals surface area contributed by atoms with Crippen LogP contribution in [0.25, 0.3) is 0 Å². The Balaban J connectivity index is 2.11. The van der Waals surface area contributed by atoms with Crippen LogP contribution in [0.2, 0.25) is 0 Å². The number of methoxy groups -OCH3 is 1. The summed E-state index contributed by atoms with van der Waals surface area (Å²) < 4.78 is 5.13. The van der Waals surface area contributed by atoms with Crippen molar-refractivity contribution in [3.05, 3.63) is 59.9 Å². The lowest BCUT2D eigenvalue weighted by molar-refractivity contribution is 0.178. The Hall–Kier alpha value is -1.87. The molecule has 1 aromatic heterocycles. The number of rotatable bonds is 4. The molecule has 0 aliphatic rings. The van der Waals surface area contributed by atoms with Gasteiger partial charge in [-0.2, -0.15) is 0 Å². The third kappa shape index (κ3) is 3.04. The fourth-order valence-electron chi connectivity index (χ4n) is 1.71. The van der Waals surface area contributed by atoms with Gasteiger partial charge >= 0.3 is 0 Å². The van der Waals surface area contributed by atoms with E-state index in [2.05, 4.69) is 4.98 Å². The maximum Gasteiger partial charge on any atom is 0.119 e. The molecule has 1 N–H and O–H groups in total. The molecule has 88 valence electrons. The van der Waals surface area contributed by atoms with Crippen molar-refractivity contribution >= 4 is 0 Å². The zero-order valence-electron chi connectivity index (χ0n) is 9.71. The number of ether oxygens (including phenoxy) is 1. The van der Waals surface area contributed by atoms with Gasteiger partial charge in [0.2, 0.25) is 0 Å². The molecule has 0 radical (unpaired) electrons. The molecule has 0 saturated carbocycles. The topological polar surface area (TPSA) is 42.4 Å². The lowest BCUT2D eigenvalue weighted by atomic mass is 10.0. The van der Waals surface area contributed by atoms with Crippen LogP contribution in [-0.4, -0.2) is 17.2 Å². The van der Waals surface area contributed by atoms with Crippen molar-refractivity contribution in [2.45, 2.75) is 12.5 Å². The summed E-state index contributed by atoms with van der Waals surface area (Å²) in [4.78, 5) is 3.95. The van der Waals surface area contributed by atoms with Crippen molar-refractivity contribution < 1.29 is 9.84 Å². The molecular formula is C14H15NO2. The second kappa shape index (κ2) is 5.46. The monoisotopic (exact) mass is 229 g/mol. The molecule has 0 bridgehead atoms. The zero-order valence-corrected chi connectivity index (χ0v) is 9.71. The van der Waals surface area contributed by atoms with E-state index in [4.69, 9.17) is 4.74 Å².